The van der Waals surface area contributed by atoms with Gasteiger partial charge in [-0.3, -0.25) is 0 Å². The number of benzene rings is 3. The Hall–Kier alpha value is -4.21. The van der Waals surface area contributed by atoms with E-state index in [9.17, 15) is 5.26 Å². The Labute approximate surface area is 195 Å². The van der Waals surface area contributed by atoms with Crippen LogP contribution in [0.15, 0.2) is 79.0 Å². The van der Waals surface area contributed by atoms with Gasteiger partial charge in [-0.15, -0.1) is 11.3 Å². The first kappa shape index (κ1) is 20.7. The largest absolute Gasteiger partial charge is 0.496 e. The average Bonchev–Trinajstić information content (AvgIpc) is 3.47. The van der Waals surface area contributed by atoms with Gasteiger partial charge in [0.15, 0.2) is 0 Å². The lowest BCUT2D eigenvalue weighted by molar-refractivity contribution is 0.412. The maximum Gasteiger partial charge on any atom is 0.135 e. The smallest absolute Gasteiger partial charge is 0.135 e. The molecule has 0 unspecified atom stereocenters. The zero-order valence-corrected chi connectivity index (χ0v) is 19.0. The van der Waals surface area contributed by atoms with Gasteiger partial charge in [0.05, 0.1) is 28.6 Å². The molecule has 6 heteroatoms. The van der Waals surface area contributed by atoms with Crippen LogP contribution in [0.5, 0.6) is 5.75 Å². The number of aromatic nitrogens is 3. The summed E-state index contributed by atoms with van der Waals surface area (Å²) in [7, 11) is 1.66. The van der Waals surface area contributed by atoms with Crippen molar-refractivity contribution in [3.05, 3.63) is 95.1 Å². The van der Waals surface area contributed by atoms with Crippen LogP contribution in [0.3, 0.4) is 0 Å². The molecule has 2 heterocycles. The molecule has 160 valence electrons. The highest BCUT2D eigenvalue weighted by Gasteiger charge is 2.15. The molecular weight excluding hydrogens is 428 g/mol. The number of hydrogen-bond acceptors (Lipinski definition) is 5. The standard InChI is InChI=1S/C27H20N4OS/c1-18-14-19(12-13-24(18)32-2)26-21(17-31(30-26)22-8-4-3-5-9-22)15-20(16-28)27-29-23-10-6-7-11-25(23)33-27/h3-15,17H,1-2H3. The molecule has 0 aliphatic carbocycles. The summed E-state index contributed by atoms with van der Waals surface area (Å²) in [6.07, 6.45) is 3.83. The van der Waals surface area contributed by atoms with E-state index in [1.54, 1.807) is 7.11 Å². The summed E-state index contributed by atoms with van der Waals surface area (Å²) in [5, 5.41) is 15.5. The molecule has 0 atom stereocenters. The first-order chi connectivity index (χ1) is 16.2. The number of aryl methyl sites for hydroxylation is 1. The normalized spacial score (nSPS) is 11.5. The molecule has 33 heavy (non-hydrogen) atoms. The van der Waals surface area contributed by atoms with Gasteiger partial charge >= 0.3 is 0 Å². The van der Waals surface area contributed by atoms with Gasteiger partial charge in [-0.05, 0) is 61.0 Å². The lowest BCUT2D eigenvalue weighted by atomic mass is 10.0. The molecule has 0 bridgehead atoms. The maximum absolute atomic E-state index is 9.97. The van der Waals surface area contributed by atoms with Gasteiger partial charge < -0.3 is 4.74 Å². The van der Waals surface area contributed by atoms with Gasteiger partial charge in [-0.25, -0.2) is 9.67 Å². The van der Waals surface area contributed by atoms with Crippen molar-refractivity contribution in [3.8, 4) is 28.8 Å². The van der Waals surface area contributed by atoms with Crippen LogP contribution in [0.4, 0.5) is 0 Å². The first-order valence-corrected chi connectivity index (χ1v) is 11.3. The van der Waals surface area contributed by atoms with E-state index in [1.165, 1.54) is 11.3 Å². The minimum atomic E-state index is 0.510. The summed E-state index contributed by atoms with van der Waals surface area (Å²) in [4.78, 5) is 4.67. The third-order valence-electron chi connectivity index (χ3n) is 5.38. The van der Waals surface area contributed by atoms with E-state index in [0.717, 1.165) is 44.0 Å². The van der Waals surface area contributed by atoms with Crippen molar-refractivity contribution in [2.45, 2.75) is 6.92 Å². The SMILES string of the molecule is COc1ccc(-c2nn(-c3ccccc3)cc2C=C(C#N)c2nc3ccccc3s2)cc1C. The van der Waals surface area contributed by atoms with Crippen LogP contribution in [0, 0.1) is 18.3 Å². The van der Waals surface area contributed by atoms with Gasteiger partial charge in [0.2, 0.25) is 0 Å². The molecule has 0 radical (unpaired) electrons. The molecule has 3 aromatic carbocycles. The van der Waals surface area contributed by atoms with Crippen LogP contribution in [-0.2, 0) is 0 Å². The summed E-state index contributed by atoms with van der Waals surface area (Å²) in [6.45, 7) is 2.01. The number of allylic oxidation sites excluding steroid dienone is 1. The molecular formula is C27H20N4OS. The van der Waals surface area contributed by atoms with Crippen molar-refractivity contribution in [3.63, 3.8) is 0 Å². The average molecular weight is 449 g/mol. The van der Waals surface area contributed by atoms with E-state index >= 15 is 0 Å². The van der Waals surface area contributed by atoms with Crippen LogP contribution in [0.2, 0.25) is 0 Å². The number of nitriles is 1. The number of para-hydroxylation sites is 2. The summed E-state index contributed by atoms with van der Waals surface area (Å²) >= 11 is 1.52. The van der Waals surface area contributed by atoms with Crippen molar-refractivity contribution in [2.75, 3.05) is 7.11 Å². The Morgan fingerprint density at radius 2 is 1.85 bits per heavy atom. The lowest BCUT2D eigenvalue weighted by Crippen LogP contribution is -1.94. The van der Waals surface area contributed by atoms with Gasteiger partial charge in [-0.1, -0.05) is 30.3 Å². The summed E-state index contributed by atoms with van der Waals surface area (Å²) < 4.78 is 8.32. The predicted octanol–water partition coefficient (Wildman–Crippen LogP) is 6.53. The third kappa shape index (κ3) is 4.02. The quantitative estimate of drug-likeness (QED) is 0.287. The second kappa shape index (κ2) is 8.73. The van der Waals surface area contributed by atoms with E-state index < -0.39 is 0 Å². The van der Waals surface area contributed by atoms with Crippen LogP contribution in [0.1, 0.15) is 16.1 Å². The van der Waals surface area contributed by atoms with Crippen LogP contribution < -0.4 is 4.74 Å². The van der Waals surface area contributed by atoms with Crippen molar-refractivity contribution in [1.29, 1.82) is 5.26 Å². The van der Waals surface area contributed by atoms with Gasteiger partial charge in [-0.2, -0.15) is 10.4 Å². The molecule has 2 aromatic heterocycles. The second-order valence-corrected chi connectivity index (χ2v) is 8.58. The molecule has 0 saturated carbocycles. The van der Waals surface area contributed by atoms with Crippen LogP contribution in [-0.4, -0.2) is 21.9 Å². The molecule has 5 aromatic rings. The highest BCUT2D eigenvalue weighted by atomic mass is 32.1. The monoisotopic (exact) mass is 448 g/mol. The highest BCUT2D eigenvalue weighted by molar-refractivity contribution is 7.19. The molecule has 0 aliphatic rings. The van der Waals surface area contributed by atoms with Gasteiger partial charge in [0.25, 0.3) is 0 Å². The number of fused-ring (bicyclic) bond motifs is 1. The minimum absolute atomic E-state index is 0.510. The zero-order valence-electron chi connectivity index (χ0n) is 18.2. The Morgan fingerprint density at radius 1 is 1.06 bits per heavy atom. The molecule has 0 spiro atoms. The number of nitrogens with zero attached hydrogens (tertiary/aromatic N) is 4. The first-order valence-electron chi connectivity index (χ1n) is 10.4. The number of methoxy groups -OCH3 is 1. The molecule has 0 amide bonds. The molecule has 0 N–H and O–H groups in total. The molecule has 0 fully saturated rings. The summed E-state index contributed by atoms with van der Waals surface area (Å²) in [5.41, 5.74) is 5.96. The summed E-state index contributed by atoms with van der Waals surface area (Å²) in [6, 6.07) is 26.2. The number of thiazole rings is 1. The highest BCUT2D eigenvalue weighted by Crippen LogP contribution is 2.32. The van der Waals surface area contributed by atoms with Crippen molar-refractivity contribution < 1.29 is 4.74 Å². The number of ether oxygens (including phenoxy) is 1. The molecule has 0 aliphatic heterocycles. The third-order valence-corrected chi connectivity index (χ3v) is 6.45. The van der Waals surface area contributed by atoms with E-state index in [1.807, 2.05) is 90.6 Å². The zero-order chi connectivity index (χ0) is 22.8. The Kier molecular flexibility index (Phi) is 5.47. The van der Waals surface area contributed by atoms with Crippen molar-refractivity contribution in [2.24, 2.45) is 0 Å². The molecule has 0 saturated heterocycles. The van der Waals surface area contributed by atoms with Crippen molar-refractivity contribution in [1.82, 2.24) is 14.8 Å². The fourth-order valence-electron chi connectivity index (χ4n) is 3.74. The Bertz CT molecular complexity index is 1490. The van der Waals surface area contributed by atoms with E-state index in [0.29, 0.717) is 10.6 Å². The number of hydrogen-bond donors (Lipinski definition) is 0. The second-order valence-electron chi connectivity index (χ2n) is 7.55. The van der Waals surface area contributed by atoms with Gasteiger partial charge in [0, 0.05) is 17.3 Å². The van der Waals surface area contributed by atoms with Crippen LogP contribution in [0.25, 0.3) is 38.8 Å². The van der Waals surface area contributed by atoms with E-state index in [2.05, 4.69) is 17.1 Å². The Morgan fingerprint density at radius 3 is 2.58 bits per heavy atom. The minimum Gasteiger partial charge on any atom is -0.496 e. The van der Waals surface area contributed by atoms with Gasteiger partial charge in [0.1, 0.15) is 22.5 Å². The predicted molar refractivity (Wildman–Crippen MR) is 133 cm³/mol. The topological polar surface area (TPSA) is 63.7 Å². The summed E-state index contributed by atoms with van der Waals surface area (Å²) in [5.74, 6) is 0.825. The molecule has 5 nitrogen and oxygen atoms in total. The van der Waals surface area contributed by atoms with E-state index in [4.69, 9.17) is 9.84 Å². The van der Waals surface area contributed by atoms with Crippen LogP contribution >= 0.6 is 11.3 Å². The lowest BCUT2D eigenvalue weighted by Gasteiger charge is -2.07. The number of rotatable bonds is 5. The maximum atomic E-state index is 9.97. The van der Waals surface area contributed by atoms with E-state index in [-0.39, 0.29) is 0 Å². The fourth-order valence-corrected chi connectivity index (χ4v) is 4.67. The van der Waals surface area contributed by atoms with Crippen molar-refractivity contribution >= 4 is 33.2 Å². The fraction of sp³-hybridized carbons (Fsp3) is 0.0741. The Balaban J connectivity index is 1.67. The molecule has 5 rings (SSSR count).